The molecule has 2 fully saturated rings. The van der Waals surface area contributed by atoms with Gasteiger partial charge in [0.05, 0.1) is 33.9 Å². The molecule has 0 N–H and O–H groups in total. The second-order valence-electron chi connectivity index (χ2n) is 9.92. The predicted molar refractivity (Wildman–Crippen MR) is 142 cm³/mol. The zero-order chi connectivity index (χ0) is 27.1. The van der Waals surface area contributed by atoms with Crippen molar-refractivity contribution in [3.63, 3.8) is 0 Å². The zero-order valence-corrected chi connectivity index (χ0v) is 22.7. The minimum Gasteiger partial charge on any atom is -0.493 e. The van der Waals surface area contributed by atoms with Crippen molar-refractivity contribution in [3.8, 4) is 23.0 Å². The molecule has 2 aliphatic rings. The molecule has 206 valence electrons. The molecule has 9 heteroatoms. The zero-order valence-electron chi connectivity index (χ0n) is 22.7. The van der Waals surface area contributed by atoms with E-state index in [0.717, 1.165) is 30.8 Å². The summed E-state index contributed by atoms with van der Waals surface area (Å²) in [5.74, 6) is 1.65. The van der Waals surface area contributed by atoms with Gasteiger partial charge in [-0.1, -0.05) is 12.1 Å². The van der Waals surface area contributed by atoms with Gasteiger partial charge in [0, 0.05) is 26.1 Å². The van der Waals surface area contributed by atoms with E-state index in [-0.39, 0.29) is 17.8 Å². The van der Waals surface area contributed by atoms with Crippen LogP contribution >= 0.6 is 0 Å². The van der Waals surface area contributed by atoms with Crippen LogP contribution in [0.25, 0.3) is 0 Å². The second-order valence-corrected chi connectivity index (χ2v) is 9.92. The summed E-state index contributed by atoms with van der Waals surface area (Å²) in [6, 6.07) is 11.2. The summed E-state index contributed by atoms with van der Waals surface area (Å²) in [6.07, 6.45) is 3.18. The molecule has 38 heavy (non-hydrogen) atoms. The molecule has 0 aromatic heterocycles. The number of likely N-dealkylation sites (tertiary alicyclic amines) is 1. The smallest absolute Gasteiger partial charge is 0.415 e. The highest BCUT2D eigenvalue weighted by atomic mass is 16.6. The molecule has 2 atom stereocenters. The fourth-order valence-corrected chi connectivity index (χ4v) is 5.10. The van der Waals surface area contributed by atoms with Crippen LogP contribution < -0.4 is 18.9 Å². The maximum absolute atomic E-state index is 12.6. The first-order valence-electron chi connectivity index (χ1n) is 13.1. The minimum absolute atomic E-state index is 0.0216. The van der Waals surface area contributed by atoms with Gasteiger partial charge in [-0.3, -0.25) is 4.79 Å². The van der Waals surface area contributed by atoms with Crippen molar-refractivity contribution in [2.45, 2.75) is 25.7 Å². The van der Waals surface area contributed by atoms with Gasteiger partial charge in [0.2, 0.25) is 0 Å². The van der Waals surface area contributed by atoms with Crippen molar-refractivity contribution >= 4 is 12.1 Å². The lowest BCUT2D eigenvalue weighted by atomic mass is 9.85. The van der Waals surface area contributed by atoms with Gasteiger partial charge < -0.3 is 33.5 Å². The van der Waals surface area contributed by atoms with Gasteiger partial charge in [-0.2, -0.15) is 0 Å². The Hall–Kier alpha value is -3.46. The molecule has 2 aliphatic heterocycles. The van der Waals surface area contributed by atoms with Gasteiger partial charge in [-0.05, 0) is 74.2 Å². The molecule has 1 amide bonds. The summed E-state index contributed by atoms with van der Waals surface area (Å²) in [6.45, 7) is 3.98. The number of hydrogen-bond acceptors (Lipinski definition) is 8. The van der Waals surface area contributed by atoms with Crippen molar-refractivity contribution < 1.29 is 33.3 Å². The maximum Gasteiger partial charge on any atom is 0.415 e. The van der Waals surface area contributed by atoms with Crippen molar-refractivity contribution in [2.75, 3.05) is 61.2 Å². The first-order valence-corrected chi connectivity index (χ1v) is 13.1. The van der Waals surface area contributed by atoms with Crippen molar-refractivity contribution in [3.05, 3.63) is 47.5 Å². The van der Waals surface area contributed by atoms with Crippen LogP contribution in [0.3, 0.4) is 0 Å². The highest BCUT2D eigenvalue weighted by Crippen LogP contribution is 2.35. The SMILES string of the molecule is COc1ccc(C[C@H]2COC(=O)[C@@H]2Cc2ccc(OC(=O)N(C)CCN3CCCC3)c(OC)c2)cc1OC. The van der Waals surface area contributed by atoms with Crippen LogP contribution in [0.4, 0.5) is 4.79 Å². The molecular formula is C29H38N2O7. The summed E-state index contributed by atoms with van der Waals surface area (Å²) in [5.41, 5.74) is 1.95. The number of esters is 1. The van der Waals surface area contributed by atoms with E-state index >= 15 is 0 Å². The number of cyclic esters (lactones) is 1. The molecule has 0 bridgehead atoms. The Labute approximate surface area is 224 Å². The van der Waals surface area contributed by atoms with Crippen molar-refractivity contribution in [1.82, 2.24) is 9.80 Å². The monoisotopic (exact) mass is 526 g/mol. The Bertz CT molecular complexity index is 1120. The first-order chi connectivity index (χ1) is 18.4. The molecule has 0 aliphatic carbocycles. The summed E-state index contributed by atoms with van der Waals surface area (Å²) < 4.78 is 27.3. The quantitative estimate of drug-likeness (QED) is 0.409. The summed E-state index contributed by atoms with van der Waals surface area (Å²) >= 11 is 0. The molecular weight excluding hydrogens is 488 g/mol. The number of nitrogens with zero attached hydrogens (tertiary/aromatic N) is 2. The molecule has 0 saturated carbocycles. The number of hydrogen-bond donors (Lipinski definition) is 0. The molecule has 2 saturated heterocycles. The average molecular weight is 527 g/mol. The van der Waals surface area contributed by atoms with Gasteiger partial charge in [0.15, 0.2) is 23.0 Å². The van der Waals surface area contributed by atoms with E-state index in [1.807, 2.05) is 30.3 Å². The minimum atomic E-state index is -0.426. The van der Waals surface area contributed by atoms with E-state index in [4.69, 9.17) is 23.7 Å². The van der Waals surface area contributed by atoms with E-state index in [1.54, 1.807) is 32.2 Å². The molecule has 0 unspecified atom stereocenters. The Morgan fingerprint density at radius 3 is 2.18 bits per heavy atom. The highest BCUT2D eigenvalue weighted by molar-refractivity contribution is 5.75. The lowest BCUT2D eigenvalue weighted by Crippen LogP contribution is -2.36. The van der Waals surface area contributed by atoms with E-state index in [1.165, 1.54) is 20.0 Å². The van der Waals surface area contributed by atoms with Crippen LogP contribution in [0.5, 0.6) is 23.0 Å². The van der Waals surface area contributed by atoms with Crippen LogP contribution in [0.1, 0.15) is 24.0 Å². The fraction of sp³-hybridized carbons (Fsp3) is 0.517. The van der Waals surface area contributed by atoms with Crippen LogP contribution in [0, 0.1) is 11.8 Å². The number of ether oxygens (including phenoxy) is 5. The van der Waals surface area contributed by atoms with Crippen LogP contribution in [0.15, 0.2) is 36.4 Å². The molecule has 2 aromatic carbocycles. The lowest BCUT2D eigenvalue weighted by Gasteiger charge is -2.21. The molecule has 9 nitrogen and oxygen atoms in total. The van der Waals surface area contributed by atoms with Gasteiger partial charge in [0.25, 0.3) is 0 Å². The normalized spacial score (nSPS) is 19.2. The third-order valence-electron chi connectivity index (χ3n) is 7.40. The first kappa shape index (κ1) is 27.6. The fourth-order valence-electron chi connectivity index (χ4n) is 5.10. The second kappa shape index (κ2) is 12.9. The molecule has 0 spiro atoms. The topological polar surface area (TPSA) is 86.8 Å². The number of carbonyl (C=O) groups excluding carboxylic acids is 2. The predicted octanol–water partition coefficient (Wildman–Crippen LogP) is 3.81. The average Bonchev–Trinajstić information content (AvgIpc) is 3.58. The third kappa shape index (κ3) is 6.69. The van der Waals surface area contributed by atoms with E-state index in [9.17, 15) is 9.59 Å². The molecule has 2 heterocycles. The summed E-state index contributed by atoms with van der Waals surface area (Å²) in [4.78, 5) is 29.2. The Balaban J connectivity index is 1.39. The van der Waals surface area contributed by atoms with Crippen LogP contribution in [0.2, 0.25) is 0 Å². The largest absolute Gasteiger partial charge is 0.493 e. The summed E-state index contributed by atoms with van der Waals surface area (Å²) in [5, 5.41) is 0. The number of benzene rings is 2. The van der Waals surface area contributed by atoms with Crippen LogP contribution in [-0.2, 0) is 22.4 Å². The van der Waals surface area contributed by atoms with E-state index < -0.39 is 6.09 Å². The highest BCUT2D eigenvalue weighted by Gasteiger charge is 2.37. The lowest BCUT2D eigenvalue weighted by molar-refractivity contribution is -0.141. The number of methoxy groups -OCH3 is 3. The number of likely N-dealkylation sites (N-methyl/N-ethyl adjacent to an activating group) is 1. The van der Waals surface area contributed by atoms with Gasteiger partial charge in [0.1, 0.15) is 0 Å². The van der Waals surface area contributed by atoms with Crippen molar-refractivity contribution in [1.29, 1.82) is 0 Å². The Morgan fingerprint density at radius 1 is 0.921 bits per heavy atom. The van der Waals surface area contributed by atoms with Crippen LogP contribution in [-0.4, -0.2) is 83.0 Å². The maximum atomic E-state index is 12.6. The number of carbonyl (C=O) groups is 2. The van der Waals surface area contributed by atoms with Crippen molar-refractivity contribution in [2.24, 2.45) is 11.8 Å². The van der Waals surface area contributed by atoms with E-state index in [0.29, 0.717) is 49.0 Å². The Morgan fingerprint density at radius 2 is 1.53 bits per heavy atom. The number of amides is 1. The van der Waals surface area contributed by atoms with Gasteiger partial charge >= 0.3 is 12.1 Å². The summed E-state index contributed by atoms with van der Waals surface area (Å²) in [7, 11) is 6.49. The third-order valence-corrected chi connectivity index (χ3v) is 7.40. The van der Waals surface area contributed by atoms with Gasteiger partial charge in [-0.25, -0.2) is 4.79 Å². The molecule has 0 radical (unpaired) electrons. The van der Waals surface area contributed by atoms with E-state index in [2.05, 4.69) is 4.90 Å². The van der Waals surface area contributed by atoms with Gasteiger partial charge in [-0.15, -0.1) is 0 Å². The molecule has 2 aromatic rings. The molecule has 4 rings (SSSR count). The standard InChI is InChI=1S/C29H38N2O7/c1-30(13-14-31-11-5-6-12-31)29(33)38-25-10-8-21(18-27(25)36-4)16-23-22(19-37-28(23)32)15-20-7-9-24(34-2)26(17-20)35-3/h7-10,17-18,22-23H,5-6,11-16,19H2,1-4H3/t22-,23+/m0/s1. The Kier molecular flexibility index (Phi) is 9.33. The number of rotatable bonds is 11.